The summed E-state index contributed by atoms with van der Waals surface area (Å²) in [6.45, 7) is 5.61. The van der Waals surface area contributed by atoms with Crippen LogP contribution >= 0.6 is 11.6 Å². The average molecular weight is 300 g/mol. The third-order valence-electron chi connectivity index (χ3n) is 2.74. The quantitative estimate of drug-likeness (QED) is 0.840. The van der Waals surface area contributed by atoms with Gasteiger partial charge in [0.15, 0.2) is 0 Å². The summed E-state index contributed by atoms with van der Waals surface area (Å²) in [7, 11) is 0. The lowest BCUT2D eigenvalue weighted by atomic mass is 10.1. The minimum Gasteiger partial charge on any atom is -0.481 e. The van der Waals surface area contributed by atoms with Crippen molar-refractivity contribution in [3.8, 4) is 0 Å². The Morgan fingerprint density at radius 1 is 1.45 bits per heavy atom. The number of carboxylic acid groups (broad SMARTS) is 1. The number of aromatic nitrogens is 2. The molecule has 0 radical (unpaired) electrons. The molecule has 0 aromatic carbocycles. The van der Waals surface area contributed by atoms with Gasteiger partial charge >= 0.3 is 5.97 Å². The lowest BCUT2D eigenvalue weighted by Gasteiger charge is -2.15. The number of hydrogen-bond acceptors (Lipinski definition) is 4. The summed E-state index contributed by atoms with van der Waals surface area (Å²) in [5, 5.41) is 11.5. The summed E-state index contributed by atoms with van der Waals surface area (Å²) in [5.74, 6) is -0.855. The largest absolute Gasteiger partial charge is 0.481 e. The zero-order valence-electron chi connectivity index (χ0n) is 11.7. The highest BCUT2D eigenvalue weighted by Gasteiger charge is 2.19. The molecular formula is C13H18ClN3O3. The highest BCUT2D eigenvalue weighted by atomic mass is 35.5. The number of carbonyl (C=O) groups is 2. The normalized spacial score (nSPS) is 12.2. The van der Waals surface area contributed by atoms with Gasteiger partial charge in [0.2, 0.25) is 0 Å². The second kappa shape index (κ2) is 7.19. The molecule has 0 fully saturated rings. The minimum atomic E-state index is -0.964. The molecule has 0 spiro atoms. The first kappa shape index (κ1) is 16.4. The molecule has 0 aliphatic heterocycles. The number of aliphatic carboxylic acids is 1. The highest BCUT2D eigenvalue weighted by Crippen LogP contribution is 2.16. The van der Waals surface area contributed by atoms with E-state index in [2.05, 4.69) is 15.3 Å². The molecule has 1 atom stereocenters. The topological polar surface area (TPSA) is 92.2 Å². The fourth-order valence-corrected chi connectivity index (χ4v) is 1.76. The smallest absolute Gasteiger partial charge is 0.305 e. The van der Waals surface area contributed by atoms with Crippen molar-refractivity contribution >= 4 is 23.5 Å². The Morgan fingerprint density at radius 2 is 2.10 bits per heavy atom. The molecule has 0 saturated carbocycles. The maximum atomic E-state index is 12.1. The molecule has 1 unspecified atom stereocenters. The Balaban J connectivity index is 2.90. The van der Waals surface area contributed by atoms with Gasteiger partial charge in [-0.15, -0.1) is 0 Å². The van der Waals surface area contributed by atoms with Crippen LogP contribution in [0, 0.1) is 0 Å². The van der Waals surface area contributed by atoms with Gasteiger partial charge in [0.1, 0.15) is 11.5 Å². The summed E-state index contributed by atoms with van der Waals surface area (Å²) < 4.78 is 0. The van der Waals surface area contributed by atoms with Crippen LogP contribution in [-0.2, 0) is 4.79 Å². The van der Waals surface area contributed by atoms with Crippen LogP contribution in [0.15, 0.2) is 6.20 Å². The van der Waals surface area contributed by atoms with Crippen molar-refractivity contribution in [2.24, 2.45) is 0 Å². The van der Waals surface area contributed by atoms with Crippen molar-refractivity contribution in [3.63, 3.8) is 0 Å². The van der Waals surface area contributed by atoms with Gasteiger partial charge in [-0.3, -0.25) is 9.59 Å². The molecule has 7 heteroatoms. The Labute approximate surface area is 122 Å². The van der Waals surface area contributed by atoms with Crippen LogP contribution in [0.4, 0.5) is 0 Å². The van der Waals surface area contributed by atoms with E-state index >= 15 is 0 Å². The van der Waals surface area contributed by atoms with Crippen LogP contribution in [0.1, 0.15) is 55.8 Å². The molecule has 1 aromatic rings. The Bertz CT molecular complexity index is 506. The molecular weight excluding hydrogens is 282 g/mol. The number of hydrogen-bond donors (Lipinski definition) is 2. The van der Waals surface area contributed by atoms with Gasteiger partial charge in [0.05, 0.1) is 17.6 Å². The van der Waals surface area contributed by atoms with E-state index in [4.69, 9.17) is 16.7 Å². The molecule has 1 rings (SSSR count). The highest BCUT2D eigenvalue weighted by molar-refractivity contribution is 6.33. The molecule has 20 heavy (non-hydrogen) atoms. The Hall–Kier alpha value is -1.69. The van der Waals surface area contributed by atoms with Crippen LogP contribution < -0.4 is 5.32 Å². The van der Waals surface area contributed by atoms with E-state index in [9.17, 15) is 9.59 Å². The van der Waals surface area contributed by atoms with Gasteiger partial charge in [-0.2, -0.15) is 0 Å². The van der Waals surface area contributed by atoms with Crippen molar-refractivity contribution in [1.82, 2.24) is 15.3 Å². The van der Waals surface area contributed by atoms with Crippen LogP contribution in [0.3, 0.4) is 0 Å². The predicted molar refractivity (Wildman–Crippen MR) is 74.9 cm³/mol. The number of halogens is 1. The first-order chi connectivity index (χ1) is 9.35. The second-order valence-corrected chi connectivity index (χ2v) is 5.16. The number of nitrogens with one attached hydrogen (secondary N) is 1. The van der Waals surface area contributed by atoms with Crippen LogP contribution in [0.2, 0.25) is 5.02 Å². The Kier molecular flexibility index (Phi) is 5.88. The summed E-state index contributed by atoms with van der Waals surface area (Å²) >= 11 is 5.93. The van der Waals surface area contributed by atoms with E-state index in [1.807, 2.05) is 13.8 Å². The number of carbonyl (C=O) groups excluding carboxylic acids is 1. The molecule has 1 amide bonds. The van der Waals surface area contributed by atoms with E-state index in [0.717, 1.165) is 0 Å². The summed E-state index contributed by atoms with van der Waals surface area (Å²) in [5.41, 5.74) is 0.0780. The lowest BCUT2D eigenvalue weighted by Crippen LogP contribution is -2.36. The standard InChI is InChI=1S/C13H18ClN3O3/c1-4-8(5-10(18)19)16-13(20)11-9(14)6-15-12(17-11)7(2)3/h6-8H,4-5H2,1-3H3,(H,16,20)(H,18,19). The zero-order chi connectivity index (χ0) is 15.3. The van der Waals surface area contributed by atoms with Gasteiger partial charge < -0.3 is 10.4 Å². The van der Waals surface area contributed by atoms with E-state index in [0.29, 0.717) is 12.2 Å². The fraction of sp³-hybridized carbons (Fsp3) is 0.538. The molecule has 0 aliphatic rings. The predicted octanol–water partition coefficient (Wildman–Crippen LogP) is 2.24. The SMILES string of the molecule is CCC(CC(=O)O)NC(=O)c1nc(C(C)C)ncc1Cl. The van der Waals surface area contributed by atoms with E-state index in [1.54, 1.807) is 6.92 Å². The van der Waals surface area contributed by atoms with Crippen LogP contribution in [0.25, 0.3) is 0 Å². The third-order valence-corrected chi connectivity index (χ3v) is 3.02. The lowest BCUT2D eigenvalue weighted by molar-refractivity contribution is -0.137. The van der Waals surface area contributed by atoms with Gasteiger partial charge in [-0.25, -0.2) is 9.97 Å². The molecule has 1 aromatic heterocycles. The minimum absolute atomic E-state index is 0.0693. The average Bonchev–Trinajstić information content (AvgIpc) is 2.37. The molecule has 6 nitrogen and oxygen atoms in total. The number of nitrogens with zero attached hydrogens (tertiary/aromatic N) is 2. The first-order valence-corrected chi connectivity index (χ1v) is 6.78. The summed E-state index contributed by atoms with van der Waals surface area (Å²) in [4.78, 5) is 31.0. The molecule has 0 saturated heterocycles. The first-order valence-electron chi connectivity index (χ1n) is 6.40. The number of rotatable bonds is 6. The van der Waals surface area contributed by atoms with Crippen molar-refractivity contribution in [1.29, 1.82) is 0 Å². The molecule has 0 aliphatic carbocycles. The maximum absolute atomic E-state index is 12.1. The number of amides is 1. The molecule has 1 heterocycles. The van der Waals surface area contributed by atoms with Gasteiger partial charge in [0.25, 0.3) is 5.91 Å². The van der Waals surface area contributed by atoms with Crippen molar-refractivity contribution in [2.75, 3.05) is 0 Å². The van der Waals surface area contributed by atoms with Gasteiger partial charge in [0, 0.05) is 12.0 Å². The molecule has 2 N–H and O–H groups in total. The van der Waals surface area contributed by atoms with Gasteiger partial charge in [-0.05, 0) is 6.42 Å². The van der Waals surface area contributed by atoms with Crippen molar-refractivity contribution < 1.29 is 14.7 Å². The van der Waals surface area contributed by atoms with Crippen molar-refractivity contribution in [3.05, 3.63) is 22.7 Å². The molecule has 110 valence electrons. The third kappa shape index (κ3) is 4.45. The number of carboxylic acids is 1. The molecule has 0 bridgehead atoms. The summed E-state index contributed by atoms with van der Waals surface area (Å²) in [6.07, 6.45) is 1.76. The van der Waals surface area contributed by atoms with Crippen LogP contribution in [0.5, 0.6) is 0 Å². The Morgan fingerprint density at radius 3 is 2.60 bits per heavy atom. The monoisotopic (exact) mass is 299 g/mol. The second-order valence-electron chi connectivity index (χ2n) is 4.76. The van der Waals surface area contributed by atoms with E-state index < -0.39 is 17.9 Å². The van der Waals surface area contributed by atoms with Gasteiger partial charge in [-0.1, -0.05) is 32.4 Å². The van der Waals surface area contributed by atoms with E-state index in [1.165, 1.54) is 6.20 Å². The fourth-order valence-electron chi connectivity index (χ4n) is 1.58. The van der Waals surface area contributed by atoms with Crippen molar-refractivity contribution in [2.45, 2.75) is 45.6 Å². The van der Waals surface area contributed by atoms with Crippen LogP contribution in [-0.4, -0.2) is 33.0 Å². The summed E-state index contributed by atoms with van der Waals surface area (Å²) in [6, 6.07) is -0.450. The zero-order valence-corrected chi connectivity index (χ0v) is 12.4. The maximum Gasteiger partial charge on any atom is 0.305 e. The van der Waals surface area contributed by atoms with E-state index in [-0.39, 0.29) is 23.1 Å².